The SMILES string of the molecule is CC(C)Nc1nc(-c2ccc3c(c2)CC(=O)C3)cc2ncn(C)c(=O)c12. The summed E-state index contributed by atoms with van der Waals surface area (Å²) in [6, 6.07) is 7.96. The van der Waals surface area contributed by atoms with Crippen LogP contribution in [0.1, 0.15) is 25.0 Å². The molecule has 0 spiro atoms. The lowest BCUT2D eigenvalue weighted by molar-refractivity contribution is -0.117. The van der Waals surface area contributed by atoms with Crippen LogP contribution < -0.4 is 10.9 Å². The zero-order chi connectivity index (χ0) is 18.4. The van der Waals surface area contributed by atoms with Gasteiger partial charge in [0.05, 0.1) is 17.5 Å². The molecule has 0 fully saturated rings. The number of ketones is 1. The summed E-state index contributed by atoms with van der Waals surface area (Å²) in [5.74, 6) is 0.786. The zero-order valence-corrected chi connectivity index (χ0v) is 15.0. The molecule has 0 amide bonds. The summed E-state index contributed by atoms with van der Waals surface area (Å²) in [7, 11) is 1.68. The van der Waals surface area contributed by atoms with Crippen molar-refractivity contribution in [3.05, 3.63) is 52.1 Å². The molecule has 0 bridgehead atoms. The highest BCUT2D eigenvalue weighted by molar-refractivity contribution is 5.92. The highest BCUT2D eigenvalue weighted by Crippen LogP contribution is 2.29. The number of nitrogens with one attached hydrogen (secondary N) is 1. The van der Waals surface area contributed by atoms with Gasteiger partial charge >= 0.3 is 0 Å². The minimum absolute atomic E-state index is 0.128. The van der Waals surface area contributed by atoms with Crippen LogP contribution in [-0.4, -0.2) is 26.4 Å². The van der Waals surface area contributed by atoms with Crippen LogP contribution in [0.4, 0.5) is 5.82 Å². The number of benzene rings is 1. The molecule has 3 aromatic rings. The van der Waals surface area contributed by atoms with Crippen LogP contribution in [0.2, 0.25) is 0 Å². The number of carbonyl (C=O) groups excluding carboxylic acids is 1. The molecular formula is C20H20N4O2. The van der Waals surface area contributed by atoms with E-state index >= 15 is 0 Å². The number of nitrogens with zero attached hydrogens (tertiary/aromatic N) is 3. The van der Waals surface area contributed by atoms with Gasteiger partial charge in [-0.25, -0.2) is 9.97 Å². The van der Waals surface area contributed by atoms with Gasteiger partial charge in [-0.15, -0.1) is 0 Å². The molecule has 0 atom stereocenters. The maximum atomic E-state index is 12.6. The van der Waals surface area contributed by atoms with Crippen molar-refractivity contribution < 1.29 is 4.79 Å². The van der Waals surface area contributed by atoms with Gasteiger partial charge in [-0.2, -0.15) is 0 Å². The predicted molar refractivity (Wildman–Crippen MR) is 101 cm³/mol. The Morgan fingerprint density at radius 1 is 1.12 bits per heavy atom. The highest BCUT2D eigenvalue weighted by atomic mass is 16.1. The first-order valence-electron chi connectivity index (χ1n) is 8.69. The van der Waals surface area contributed by atoms with Crippen molar-refractivity contribution >= 4 is 22.5 Å². The molecule has 132 valence electrons. The summed E-state index contributed by atoms with van der Waals surface area (Å²) in [4.78, 5) is 33.4. The molecule has 1 aliphatic rings. The fourth-order valence-corrected chi connectivity index (χ4v) is 3.36. The van der Waals surface area contributed by atoms with E-state index in [-0.39, 0.29) is 17.4 Å². The lowest BCUT2D eigenvalue weighted by atomic mass is 10.0. The largest absolute Gasteiger partial charge is 0.367 e. The normalized spacial score (nSPS) is 13.5. The number of aromatic nitrogens is 3. The zero-order valence-electron chi connectivity index (χ0n) is 15.0. The Hall–Kier alpha value is -3.02. The summed E-state index contributed by atoms with van der Waals surface area (Å²) >= 11 is 0. The van der Waals surface area contributed by atoms with Crippen molar-refractivity contribution in [1.29, 1.82) is 0 Å². The van der Waals surface area contributed by atoms with E-state index < -0.39 is 0 Å². The first-order valence-corrected chi connectivity index (χ1v) is 8.69. The number of hydrogen-bond acceptors (Lipinski definition) is 5. The molecule has 6 heteroatoms. The molecular weight excluding hydrogens is 328 g/mol. The minimum atomic E-state index is -0.128. The molecule has 26 heavy (non-hydrogen) atoms. The summed E-state index contributed by atoms with van der Waals surface area (Å²) in [6.07, 6.45) is 2.51. The van der Waals surface area contributed by atoms with Crippen molar-refractivity contribution in [2.45, 2.75) is 32.7 Å². The predicted octanol–water partition coefficient (Wildman–Crippen LogP) is 2.48. The third-order valence-electron chi connectivity index (χ3n) is 4.61. The Morgan fingerprint density at radius 2 is 1.88 bits per heavy atom. The topological polar surface area (TPSA) is 76.9 Å². The minimum Gasteiger partial charge on any atom is -0.367 e. The number of pyridine rings is 1. The first-order chi connectivity index (χ1) is 12.4. The molecule has 2 heterocycles. The second-order valence-corrected chi connectivity index (χ2v) is 7.09. The van der Waals surface area contributed by atoms with E-state index in [0.717, 1.165) is 22.4 Å². The van der Waals surface area contributed by atoms with Crippen molar-refractivity contribution in [3.63, 3.8) is 0 Å². The number of rotatable bonds is 3. The van der Waals surface area contributed by atoms with Gasteiger partial charge in [0.2, 0.25) is 0 Å². The van der Waals surface area contributed by atoms with Crippen molar-refractivity contribution in [2.75, 3.05) is 5.32 Å². The lowest BCUT2D eigenvalue weighted by Gasteiger charge is -2.14. The van der Waals surface area contributed by atoms with E-state index in [1.54, 1.807) is 7.05 Å². The summed E-state index contributed by atoms with van der Waals surface area (Å²) in [5.41, 5.74) is 4.30. The Labute approximate surface area is 150 Å². The average Bonchev–Trinajstić information content (AvgIpc) is 2.96. The van der Waals surface area contributed by atoms with E-state index in [9.17, 15) is 9.59 Å². The lowest BCUT2D eigenvalue weighted by Crippen LogP contribution is -2.21. The second kappa shape index (κ2) is 6.05. The first kappa shape index (κ1) is 16.4. The third-order valence-corrected chi connectivity index (χ3v) is 4.61. The van der Waals surface area contributed by atoms with Crippen molar-refractivity contribution in [1.82, 2.24) is 14.5 Å². The quantitative estimate of drug-likeness (QED) is 0.787. The molecule has 0 saturated heterocycles. The number of aryl methyl sites for hydroxylation is 1. The number of Topliss-reactive ketones (excluding diaryl/α,β-unsaturated/α-hetero) is 1. The Morgan fingerprint density at radius 3 is 2.65 bits per heavy atom. The van der Waals surface area contributed by atoms with Crippen LogP contribution in [0.5, 0.6) is 0 Å². The van der Waals surface area contributed by atoms with E-state index in [1.807, 2.05) is 38.1 Å². The smallest absolute Gasteiger partial charge is 0.264 e. The molecule has 6 nitrogen and oxygen atoms in total. The van der Waals surface area contributed by atoms with Crippen LogP contribution in [0.3, 0.4) is 0 Å². The van der Waals surface area contributed by atoms with Crippen molar-refractivity contribution in [2.24, 2.45) is 7.05 Å². The van der Waals surface area contributed by atoms with Gasteiger partial charge < -0.3 is 9.88 Å². The van der Waals surface area contributed by atoms with Gasteiger partial charge in [-0.05, 0) is 37.1 Å². The van der Waals surface area contributed by atoms with Crippen LogP contribution in [0.25, 0.3) is 22.2 Å². The monoisotopic (exact) mass is 348 g/mol. The number of hydrogen-bond donors (Lipinski definition) is 1. The molecule has 1 N–H and O–H groups in total. The molecule has 4 rings (SSSR count). The molecule has 2 aromatic heterocycles. The number of anilines is 1. The van der Waals surface area contributed by atoms with Crippen LogP contribution in [0, 0.1) is 0 Å². The maximum Gasteiger partial charge on any atom is 0.264 e. The fourth-order valence-electron chi connectivity index (χ4n) is 3.36. The highest BCUT2D eigenvalue weighted by Gasteiger charge is 2.20. The standard InChI is InChI=1S/C20H20N4O2/c1-11(2)22-19-18-17(21-10-24(3)20(18)26)9-16(23-19)13-5-4-12-7-15(25)8-14(12)6-13/h4-6,9-11H,7-8H2,1-3H3,(H,22,23). The fraction of sp³-hybridized carbons (Fsp3) is 0.300. The third kappa shape index (κ3) is 2.77. The Balaban J connectivity index is 1.92. The average molecular weight is 348 g/mol. The van der Waals surface area contributed by atoms with E-state index in [4.69, 9.17) is 4.98 Å². The van der Waals surface area contributed by atoms with E-state index in [0.29, 0.717) is 29.6 Å². The van der Waals surface area contributed by atoms with Crippen LogP contribution in [-0.2, 0) is 24.7 Å². The van der Waals surface area contributed by atoms with E-state index in [2.05, 4.69) is 10.3 Å². The maximum absolute atomic E-state index is 12.6. The second-order valence-electron chi connectivity index (χ2n) is 7.09. The molecule has 1 aliphatic carbocycles. The van der Waals surface area contributed by atoms with Gasteiger partial charge in [-0.1, -0.05) is 12.1 Å². The van der Waals surface area contributed by atoms with Gasteiger partial charge in [0, 0.05) is 31.5 Å². The van der Waals surface area contributed by atoms with Crippen LogP contribution in [0.15, 0.2) is 35.4 Å². The molecule has 0 unspecified atom stereocenters. The van der Waals surface area contributed by atoms with Gasteiger partial charge in [0.1, 0.15) is 17.0 Å². The molecule has 0 radical (unpaired) electrons. The summed E-state index contributed by atoms with van der Waals surface area (Å²) in [6.45, 7) is 4.00. The van der Waals surface area contributed by atoms with Crippen LogP contribution >= 0.6 is 0 Å². The summed E-state index contributed by atoms with van der Waals surface area (Å²) in [5, 5.41) is 3.76. The van der Waals surface area contributed by atoms with Gasteiger partial charge in [0.15, 0.2) is 0 Å². The van der Waals surface area contributed by atoms with Crippen molar-refractivity contribution in [3.8, 4) is 11.3 Å². The van der Waals surface area contributed by atoms with E-state index in [1.165, 1.54) is 10.9 Å². The van der Waals surface area contributed by atoms with Gasteiger partial charge in [-0.3, -0.25) is 9.59 Å². The Kier molecular flexibility index (Phi) is 3.83. The molecule has 0 aliphatic heterocycles. The number of carbonyl (C=O) groups is 1. The molecule has 1 aromatic carbocycles. The Bertz CT molecular complexity index is 1100. The molecule has 0 saturated carbocycles. The summed E-state index contributed by atoms with van der Waals surface area (Å²) < 4.78 is 1.45. The number of fused-ring (bicyclic) bond motifs is 2. The van der Waals surface area contributed by atoms with Gasteiger partial charge in [0.25, 0.3) is 5.56 Å².